The van der Waals surface area contributed by atoms with Gasteiger partial charge in [-0.25, -0.2) is 4.79 Å². The van der Waals surface area contributed by atoms with E-state index in [1.54, 1.807) is 13.0 Å². The summed E-state index contributed by atoms with van der Waals surface area (Å²) in [6.45, 7) is 3.19. The predicted molar refractivity (Wildman–Crippen MR) is 71.4 cm³/mol. The largest absolute Gasteiger partial charge is 0.507 e. The summed E-state index contributed by atoms with van der Waals surface area (Å²) in [6, 6.07) is 3.60. The van der Waals surface area contributed by atoms with E-state index in [4.69, 9.17) is 4.74 Å². The smallest absolute Gasteiger partial charge is 0.328 e. The number of carbonyl (C=O) groups is 3. The van der Waals surface area contributed by atoms with E-state index in [0.29, 0.717) is 11.8 Å². The van der Waals surface area contributed by atoms with Gasteiger partial charge in [0.2, 0.25) is 5.91 Å². The van der Waals surface area contributed by atoms with Crippen LogP contribution in [0.2, 0.25) is 0 Å². The molecule has 0 saturated heterocycles. The van der Waals surface area contributed by atoms with Gasteiger partial charge in [0.05, 0.1) is 12.2 Å². The highest BCUT2D eigenvalue weighted by atomic mass is 16.5. The number of aldehydes is 1. The van der Waals surface area contributed by atoms with E-state index < -0.39 is 12.0 Å². The van der Waals surface area contributed by atoms with Gasteiger partial charge in [-0.15, -0.1) is 0 Å². The SMILES string of the molecule is CCOC(=O)C(Cc1ccc(O)c(C=O)c1)NC(C)=O. The zero-order chi connectivity index (χ0) is 15.1. The average molecular weight is 279 g/mol. The topological polar surface area (TPSA) is 92.7 Å². The normalized spacial score (nSPS) is 11.5. The van der Waals surface area contributed by atoms with E-state index in [-0.39, 0.29) is 30.2 Å². The van der Waals surface area contributed by atoms with E-state index in [1.807, 2.05) is 0 Å². The van der Waals surface area contributed by atoms with Crippen molar-refractivity contribution in [1.29, 1.82) is 0 Å². The number of hydrogen-bond acceptors (Lipinski definition) is 5. The highest BCUT2D eigenvalue weighted by Crippen LogP contribution is 2.17. The molecule has 6 heteroatoms. The van der Waals surface area contributed by atoms with Gasteiger partial charge in [-0.3, -0.25) is 9.59 Å². The van der Waals surface area contributed by atoms with Crippen LogP contribution in [0, 0.1) is 0 Å². The Hall–Kier alpha value is -2.37. The molecular formula is C14H17NO5. The molecule has 2 N–H and O–H groups in total. The molecule has 1 rings (SSSR count). The van der Waals surface area contributed by atoms with Crippen LogP contribution in [-0.2, 0) is 20.7 Å². The van der Waals surface area contributed by atoms with E-state index in [2.05, 4.69) is 5.32 Å². The lowest BCUT2D eigenvalue weighted by Gasteiger charge is -2.16. The standard InChI is InChI=1S/C14H17NO5/c1-3-20-14(19)12(15-9(2)17)7-10-4-5-13(18)11(6-10)8-16/h4-6,8,12,18H,3,7H2,1-2H3,(H,15,17). The number of nitrogens with one attached hydrogen (secondary N) is 1. The number of phenols is 1. The first-order chi connectivity index (χ1) is 9.47. The molecule has 0 aliphatic heterocycles. The highest BCUT2D eigenvalue weighted by molar-refractivity contribution is 5.84. The number of benzene rings is 1. The number of ether oxygens (including phenoxy) is 1. The fourth-order valence-corrected chi connectivity index (χ4v) is 1.74. The molecule has 0 aliphatic carbocycles. The lowest BCUT2D eigenvalue weighted by atomic mass is 10.0. The van der Waals surface area contributed by atoms with E-state index >= 15 is 0 Å². The van der Waals surface area contributed by atoms with Crippen molar-refractivity contribution in [3.05, 3.63) is 29.3 Å². The third-order valence-corrected chi connectivity index (χ3v) is 2.61. The molecule has 1 amide bonds. The number of amides is 1. The Kier molecular flexibility index (Phi) is 5.71. The first kappa shape index (κ1) is 15.7. The summed E-state index contributed by atoms with van der Waals surface area (Å²) >= 11 is 0. The third kappa shape index (κ3) is 4.38. The van der Waals surface area contributed by atoms with Crippen molar-refractivity contribution >= 4 is 18.2 Å². The molecule has 0 heterocycles. The number of phenolic OH excluding ortho intramolecular Hbond substituents is 1. The zero-order valence-corrected chi connectivity index (χ0v) is 11.4. The second kappa shape index (κ2) is 7.28. The van der Waals surface area contributed by atoms with Crippen molar-refractivity contribution in [3.8, 4) is 5.75 Å². The fraction of sp³-hybridized carbons (Fsp3) is 0.357. The average Bonchev–Trinajstić information content (AvgIpc) is 2.39. The summed E-state index contributed by atoms with van der Waals surface area (Å²) in [5, 5.41) is 11.9. The molecule has 0 aromatic heterocycles. The van der Waals surface area contributed by atoms with E-state index in [0.717, 1.165) is 0 Å². The molecule has 108 valence electrons. The monoisotopic (exact) mass is 279 g/mol. The molecule has 0 saturated carbocycles. The van der Waals surface area contributed by atoms with Crippen molar-refractivity contribution in [2.45, 2.75) is 26.3 Å². The van der Waals surface area contributed by atoms with Crippen LogP contribution in [-0.4, -0.2) is 35.9 Å². The second-order valence-electron chi connectivity index (χ2n) is 4.22. The molecule has 1 aromatic carbocycles. The lowest BCUT2D eigenvalue weighted by Crippen LogP contribution is -2.42. The van der Waals surface area contributed by atoms with Gasteiger partial charge >= 0.3 is 5.97 Å². The molecule has 0 fully saturated rings. The van der Waals surface area contributed by atoms with Crippen molar-refractivity contribution in [3.63, 3.8) is 0 Å². The summed E-state index contributed by atoms with van der Waals surface area (Å²) in [5.74, 6) is -1.02. The van der Waals surface area contributed by atoms with Gasteiger partial charge < -0.3 is 15.2 Å². The molecule has 0 aliphatic rings. The van der Waals surface area contributed by atoms with Crippen molar-refractivity contribution in [2.75, 3.05) is 6.61 Å². The Morgan fingerprint density at radius 3 is 2.70 bits per heavy atom. The zero-order valence-electron chi connectivity index (χ0n) is 11.4. The Morgan fingerprint density at radius 1 is 1.45 bits per heavy atom. The van der Waals surface area contributed by atoms with Crippen LogP contribution in [0.15, 0.2) is 18.2 Å². The molecule has 0 spiro atoms. The van der Waals surface area contributed by atoms with Crippen LogP contribution in [0.5, 0.6) is 5.75 Å². The van der Waals surface area contributed by atoms with Crippen LogP contribution < -0.4 is 5.32 Å². The number of aromatic hydroxyl groups is 1. The molecule has 1 atom stereocenters. The maximum Gasteiger partial charge on any atom is 0.328 e. The van der Waals surface area contributed by atoms with Gasteiger partial charge in [-0.1, -0.05) is 6.07 Å². The van der Waals surface area contributed by atoms with Crippen molar-refractivity contribution in [2.24, 2.45) is 0 Å². The van der Waals surface area contributed by atoms with Crippen LogP contribution >= 0.6 is 0 Å². The first-order valence-corrected chi connectivity index (χ1v) is 6.18. The van der Waals surface area contributed by atoms with E-state index in [1.165, 1.54) is 19.1 Å². The van der Waals surface area contributed by atoms with Crippen molar-refractivity contribution in [1.82, 2.24) is 5.32 Å². The molecular weight excluding hydrogens is 262 g/mol. The number of hydrogen-bond donors (Lipinski definition) is 2. The minimum atomic E-state index is -0.823. The Bertz CT molecular complexity index is 512. The Morgan fingerprint density at radius 2 is 2.15 bits per heavy atom. The maximum atomic E-state index is 11.7. The molecule has 0 bridgehead atoms. The predicted octanol–water partition coefficient (Wildman–Crippen LogP) is 0.815. The van der Waals surface area contributed by atoms with Gasteiger partial charge in [0, 0.05) is 13.3 Å². The summed E-state index contributed by atoms with van der Waals surface area (Å²) < 4.78 is 4.88. The summed E-state index contributed by atoms with van der Waals surface area (Å²) in [4.78, 5) is 33.6. The van der Waals surface area contributed by atoms with Gasteiger partial charge in [-0.05, 0) is 24.6 Å². The molecule has 0 radical (unpaired) electrons. The Labute approximate surface area is 116 Å². The molecule has 6 nitrogen and oxygen atoms in total. The van der Waals surface area contributed by atoms with Crippen LogP contribution in [0.25, 0.3) is 0 Å². The minimum absolute atomic E-state index is 0.129. The maximum absolute atomic E-state index is 11.7. The van der Waals surface area contributed by atoms with E-state index in [9.17, 15) is 19.5 Å². The molecule has 1 aromatic rings. The van der Waals surface area contributed by atoms with Crippen LogP contribution in [0.3, 0.4) is 0 Å². The first-order valence-electron chi connectivity index (χ1n) is 6.18. The molecule has 1 unspecified atom stereocenters. The lowest BCUT2D eigenvalue weighted by molar-refractivity contribution is -0.147. The summed E-state index contributed by atoms with van der Waals surface area (Å²) in [5.41, 5.74) is 0.768. The van der Waals surface area contributed by atoms with Gasteiger partial charge in [0.15, 0.2) is 6.29 Å². The highest BCUT2D eigenvalue weighted by Gasteiger charge is 2.21. The third-order valence-electron chi connectivity index (χ3n) is 2.61. The number of rotatable bonds is 6. The molecule has 20 heavy (non-hydrogen) atoms. The van der Waals surface area contributed by atoms with Gasteiger partial charge in [0.1, 0.15) is 11.8 Å². The van der Waals surface area contributed by atoms with Gasteiger partial charge in [0.25, 0.3) is 0 Å². The quantitative estimate of drug-likeness (QED) is 0.594. The second-order valence-corrected chi connectivity index (χ2v) is 4.22. The number of esters is 1. The number of carbonyl (C=O) groups excluding carboxylic acids is 3. The van der Waals surface area contributed by atoms with Crippen molar-refractivity contribution < 1.29 is 24.2 Å². The van der Waals surface area contributed by atoms with Crippen LogP contribution in [0.4, 0.5) is 0 Å². The summed E-state index contributed by atoms with van der Waals surface area (Å²) in [6.07, 6.45) is 0.705. The summed E-state index contributed by atoms with van der Waals surface area (Å²) in [7, 11) is 0. The van der Waals surface area contributed by atoms with Crippen LogP contribution in [0.1, 0.15) is 29.8 Å². The fourth-order valence-electron chi connectivity index (χ4n) is 1.74. The van der Waals surface area contributed by atoms with Gasteiger partial charge in [-0.2, -0.15) is 0 Å². The minimum Gasteiger partial charge on any atom is -0.507 e. The Balaban J connectivity index is 2.91.